The van der Waals surface area contributed by atoms with Crippen LogP contribution in [-0.4, -0.2) is 71.0 Å². The smallest absolute Gasteiger partial charge is 0.191 e. The molecule has 1 saturated heterocycles. The molecular weight excluding hydrogens is 323 g/mol. The van der Waals surface area contributed by atoms with Crippen LogP contribution in [0, 0.1) is 5.82 Å². The van der Waals surface area contributed by atoms with Crippen LogP contribution in [-0.2, 0) is 9.47 Å². The van der Waals surface area contributed by atoms with E-state index >= 15 is 0 Å². The van der Waals surface area contributed by atoms with E-state index in [0.717, 1.165) is 57.4 Å². The Morgan fingerprint density at radius 1 is 1.28 bits per heavy atom. The highest BCUT2D eigenvalue weighted by Crippen LogP contribution is 2.21. The Kier molecular flexibility index (Phi) is 8.65. The van der Waals surface area contributed by atoms with Gasteiger partial charge in [-0.2, -0.15) is 0 Å². The van der Waals surface area contributed by atoms with Crippen LogP contribution < -0.4 is 10.6 Å². The zero-order valence-corrected chi connectivity index (χ0v) is 15.1. The predicted octanol–water partition coefficient (Wildman–Crippen LogP) is 1.40. The first-order valence-corrected chi connectivity index (χ1v) is 8.75. The number of hydrogen-bond donors (Lipinski definition) is 2. The van der Waals surface area contributed by atoms with Crippen molar-refractivity contribution in [3.05, 3.63) is 35.6 Å². The van der Waals surface area contributed by atoms with Gasteiger partial charge < -0.3 is 20.1 Å². The van der Waals surface area contributed by atoms with Gasteiger partial charge in [0.25, 0.3) is 0 Å². The molecule has 2 rings (SSSR count). The maximum atomic E-state index is 13.3. The molecule has 1 fully saturated rings. The molecule has 0 saturated carbocycles. The van der Waals surface area contributed by atoms with Gasteiger partial charge in [0.1, 0.15) is 5.82 Å². The minimum absolute atomic E-state index is 0.141. The Hall–Kier alpha value is -1.70. The number of aliphatic imine (C=N–C) groups is 1. The van der Waals surface area contributed by atoms with E-state index in [1.807, 2.05) is 12.1 Å². The summed E-state index contributed by atoms with van der Waals surface area (Å²) in [6.07, 6.45) is 0.919. The quantitative estimate of drug-likeness (QED) is 0.421. The van der Waals surface area contributed by atoms with E-state index in [2.05, 4.69) is 20.5 Å². The zero-order chi connectivity index (χ0) is 17.9. The molecule has 0 radical (unpaired) electrons. The third kappa shape index (κ3) is 6.61. The molecule has 1 aromatic rings. The van der Waals surface area contributed by atoms with Crippen molar-refractivity contribution in [2.75, 3.05) is 60.2 Å². The molecule has 0 bridgehead atoms. The molecule has 140 valence electrons. The molecule has 7 heteroatoms. The lowest BCUT2D eigenvalue weighted by Crippen LogP contribution is -2.46. The van der Waals surface area contributed by atoms with Crippen LogP contribution >= 0.6 is 0 Å². The molecule has 0 aromatic heterocycles. The lowest BCUT2D eigenvalue weighted by molar-refractivity contribution is 0.0170. The fourth-order valence-corrected chi connectivity index (χ4v) is 2.87. The summed E-state index contributed by atoms with van der Waals surface area (Å²) in [4.78, 5) is 6.62. The van der Waals surface area contributed by atoms with Crippen molar-refractivity contribution in [2.24, 2.45) is 4.99 Å². The molecule has 1 atom stereocenters. The van der Waals surface area contributed by atoms with Gasteiger partial charge in [-0.25, -0.2) is 4.39 Å². The Bertz CT molecular complexity index is 518. The van der Waals surface area contributed by atoms with Gasteiger partial charge in [0.15, 0.2) is 5.96 Å². The van der Waals surface area contributed by atoms with Crippen LogP contribution in [0.15, 0.2) is 29.3 Å². The SMILES string of the molecule is CN=C(NCCCOC)NCC(c1ccc(F)cc1)N1CCOCC1. The summed E-state index contributed by atoms with van der Waals surface area (Å²) in [5.41, 5.74) is 1.09. The summed E-state index contributed by atoms with van der Waals surface area (Å²) < 4.78 is 23.8. The summed E-state index contributed by atoms with van der Waals surface area (Å²) in [6, 6.07) is 6.88. The number of rotatable bonds is 8. The van der Waals surface area contributed by atoms with Gasteiger partial charge in [-0.15, -0.1) is 0 Å². The molecule has 6 nitrogen and oxygen atoms in total. The minimum Gasteiger partial charge on any atom is -0.385 e. The number of nitrogens with one attached hydrogen (secondary N) is 2. The molecule has 0 spiro atoms. The van der Waals surface area contributed by atoms with Crippen LogP contribution in [0.25, 0.3) is 0 Å². The lowest BCUT2D eigenvalue weighted by Gasteiger charge is -2.35. The topological polar surface area (TPSA) is 58.1 Å². The number of ether oxygens (including phenoxy) is 2. The fourth-order valence-electron chi connectivity index (χ4n) is 2.87. The van der Waals surface area contributed by atoms with E-state index < -0.39 is 0 Å². The number of benzene rings is 1. The molecular formula is C18H29FN4O2. The monoisotopic (exact) mass is 352 g/mol. The highest BCUT2D eigenvalue weighted by atomic mass is 19.1. The Balaban J connectivity index is 1.96. The molecule has 1 aromatic carbocycles. The highest BCUT2D eigenvalue weighted by molar-refractivity contribution is 5.79. The maximum absolute atomic E-state index is 13.3. The average Bonchev–Trinajstić information content (AvgIpc) is 2.66. The second-order valence-electron chi connectivity index (χ2n) is 5.94. The van der Waals surface area contributed by atoms with Crippen LogP contribution in [0.1, 0.15) is 18.0 Å². The van der Waals surface area contributed by atoms with Crippen LogP contribution in [0.2, 0.25) is 0 Å². The third-order valence-corrected chi connectivity index (χ3v) is 4.25. The van der Waals surface area contributed by atoms with Gasteiger partial charge in [-0.1, -0.05) is 12.1 Å². The Morgan fingerprint density at radius 2 is 2.00 bits per heavy atom. The van der Waals surface area contributed by atoms with Crippen LogP contribution in [0.4, 0.5) is 4.39 Å². The predicted molar refractivity (Wildman–Crippen MR) is 97.4 cm³/mol. The van der Waals surface area contributed by atoms with Crippen molar-refractivity contribution in [2.45, 2.75) is 12.5 Å². The van der Waals surface area contributed by atoms with E-state index in [1.54, 1.807) is 14.2 Å². The van der Waals surface area contributed by atoms with Gasteiger partial charge in [-0.05, 0) is 24.1 Å². The molecule has 0 amide bonds. The number of morpholine rings is 1. The molecule has 1 aliphatic heterocycles. The summed E-state index contributed by atoms with van der Waals surface area (Å²) >= 11 is 0. The molecule has 1 aliphatic rings. The minimum atomic E-state index is -0.215. The van der Waals surface area contributed by atoms with Crippen molar-refractivity contribution < 1.29 is 13.9 Å². The average molecular weight is 352 g/mol. The molecule has 1 unspecified atom stereocenters. The van der Waals surface area contributed by atoms with Crippen LogP contribution in [0.5, 0.6) is 0 Å². The van der Waals surface area contributed by atoms with E-state index in [0.29, 0.717) is 6.54 Å². The Morgan fingerprint density at radius 3 is 2.64 bits per heavy atom. The summed E-state index contributed by atoms with van der Waals surface area (Å²) in [7, 11) is 3.45. The lowest BCUT2D eigenvalue weighted by atomic mass is 10.0. The summed E-state index contributed by atoms with van der Waals surface area (Å²) in [5, 5.41) is 6.66. The number of methoxy groups -OCH3 is 1. The number of hydrogen-bond acceptors (Lipinski definition) is 4. The first kappa shape index (κ1) is 19.6. The Labute approximate surface area is 149 Å². The second-order valence-corrected chi connectivity index (χ2v) is 5.94. The zero-order valence-electron chi connectivity index (χ0n) is 15.1. The van der Waals surface area contributed by atoms with Gasteiger partial charge in [0.05, 0.1) is 19.3 Å². The number of halogens is 1. The molecule has 1 heterocycles. The number of nitrogens with zero attached hydrogens (tertiary/aromatic N) is 2. The molecule has 25 heavy (non-hydrogen) atoms. The largest absolute Gasteiger partial charge is 0.385 e. The van der Waals surface area contributed by atoms with E-state index in [-0.39, 0.29) is 11.9 Å². The van der Waals surface area contributed by atoms with Gasteiger partial charge in [0.2, 0.25) is 0 Å². The first-order chi connectivity index (χ1) is 12.2. The molecule has 2 N–H and O–H groups in total. The van der Waals surface area contributed by atoms with Gasteiger partial charge >= 0.3 is 0 Å². The van der Waals surface area contributed by atoms with E-state index in [4.69, 9.17) is 9.47 Å². The highest BCUT2D eigenvalue weighted by Gasteiger charge is 2.22. The van der Waals surface area contributed by atoms with Crippen LogP contribution in [0.3, 0.4) is 0 Å². The molecule has 0 aliphatic carbocycles. The maximum Gasteiger partial charge on any atom is 0.191 e. The normalized spacial score (nSPS) is 17.3. The number of guanidine groups is 1. The van der Waals surface area contributed by atoms with Crippen molar-refractivity contribution >= 4 is 5.96 Å². The first-order valence-electron chi connectivity index (χ1n) is 8.75. The van der Waals surface area contributed by atoms with Crippen molar-refractivity contribution in [3.63, 3.8) is 0 Å². The van der Waals surface area contributed by atoms with Gasteiger partial charge in [-0.3, -0.25) is 9.89 Å². The summed E-state index contributed by atoms with van der Waals surface area (Å²) in [5.74, 6) is 0.546. The van der Waals surface area contributed by atoms with Crippen molar-refractivity contribution in [1.82, 2.24) is 15.5 Å². The standard InChI is InChI=1S/C18H29FN4O2/c1-20-18(21-8-3-11-24-2)22-14-17(23-9-12-25-13-10-23)15-4-6-16(19)7-5-15/h4-7,17H,3,8-14H2,1-2H3,(H2,20,21,22). The second kappa shape index (κ2) is 11.0. The van der Waals surface area contributed by atoms with E-state index in [9.17, 15) is 4.39 Å². The van der Waals surface area contributed by atoms with Gasteiger partial charge in [0, 0.05) is 46.9 Å². The fraction of sp³-hybridized carbons (Fsp3) is 0.611. The third-order valence-electron chi connectivity index (χ3n) is 4.25. The van der Waals surface area contributed by atoms with Crippen molar-refractivity contribution in [3.8, 4) is 0 Å². The van der Waals surface area contributed by atoms with Crippen molar-refractivity contribution in [1.29, 1.82) is 0 Å². The summed E-state index contributed by atoms with van der Waals surface area (Å²) in [6.45, 7) is 5.38. The van der Waals surface area contributed by atoms with E-state index in [1.165, 1.54) is 12.1 Å².